The summed E-state index contributed by atoms with van der Waals surface area (Å²) in [7, 11) is 3.13. The number of carbonyl (C=O) groups excluding carboxylic acids is 1. The second-order valence-corrected chi connectivity index (χ2v) is 5.30. The molecule has 0 bridgehead atoms. The van der Waals surface area contributed by atoms with E-state index in [0.29, 0.717) is 31.0 Å². The maximum absolute atomic E-state index is 12.0. The predicted octanol–water partition coefficient (Wildman–Crippen LogP) is 1.61. The first-order chi connectivity index (χ1) is 11.6. The zero-order chi connectivity index (χ0) is 17.4. The van der Waals surface area contributed by atoms with Gasteiger partial charge in [-0.1, -0.05) is 12.1 Å². The van der Waals surface area contributed by atoms with E-state index in [9.17, 15) is 9.59 Å². The zero-order valence-electron chi connectivity index (χ0n) is 14.0. The Kier molecular flexibility index (Phi) is 6.42. The fourth-order valence-corrected chi connectivity index (χ4v) is 2.36. The summed E-state index contributed by atoms with van der Waals surface area (Å²) in [5.41, 5.74) is 0.818. The van der Waals surface area contributed by atoms with Crippen molar-refractivity contribution in [2.24, 2.45) is 0 Å². The van der Waals surface area contributed by atoms with Crippen LogP contribution in [0, 0.1) is 0 Å². The van der Waals surface area contributed by atoms with E-state index >= 15 is 0 Å². The van der Waals surface area contributed by atoms with Gasteiger partial charge in [-0.2, -0.15) is 0 Å². The van der Waals surface area contributed by atoms with Crippen LogP contribution in [0.5, 0.6) is 11.5 Å². The lowest BCUT2D eigenvalue weighted by Crippen LogP contribution is -2.28. The molecule has 2 aromatic rings. The molecule has 24 heavy (non-hydrogen) atoms. The van der Waals surface area contributed by atoms with E-state index in [1.165, 1.54) is 6.07 Å². The van der Waals surface area contributed by atoms with Crippen molar-refractivity contribution in [2.45, 2.75) is 19.4 Å². The highest BCUT2D eigenvalue weighted by Crippen LogP contribution is 2.27. The van der Waals surface area contributed by atoms with Crippen LogP contribution in [0.3, 0.4) is 0 Å². The summed E-state index contributed by atoms with van der Waals surface area (Å²) in [6, 6.07) is 10.5. The fraction of sp³-hybridized carbons (Fsp3) is 0.333. The largest absolute Gasteiger partial charge is 0.493 e. The van der Waals surface area contributed by atoms with Crippen molar-refractivity contribution in [2.75, 3.05) is 20.8 Å². The van der Waals surface area contributed by atoms with Gasteiger partial charge in [-0.05, 0) is 30.2 Å². The predicted molar refractivity (Wildman–Crippen MR) is 91.6 cm³/mol. The molecule has 0 saturated carbocycles. The van der Waals surface area contributed by atoms with Crippen LogP contribution < -0.4 is 20.3 Å². The number of benzene rings is 1. The number of pyridine rings is 1. The minimum absolute atomic E-state index is 0.0332. The Hall–Kier alpha value is -2.76. The molecule has 6 nitrogen and oxygen atoms in total. The number of ether oxygens (including phenoxy) is 2. The first-order valence-corrected chi connectivity index (χ1v) is 7.77. The van der Waals surface area contributed by atoms with Gasteiger partial charge < -0.3 is 19.4 Å². The Morgan fingerprint density at radius 3 is 2.62 bits per heavy atom. The van der Waals surface area contributed by atoms with Gasteiger partial charge in [-0.3, -0.25) is 9.59 Å². The summed E-state index contributed by atoms with van der Waals surface area (Å²) in [5, 5.41) is 2.86. The molecule has 0 aliphatic heterocycles. The summed E-state index contributed by atoms with van der Waals surface area (Å²) >= 11 is 0. The lowest BCUT2D eigenvalue weighted by Gasteiger charge is -2.10. The summed E-state index contributed by atoms with van der Waals surface area (Å²) in [6.07, 6.45) is 2.71. The van der Waals surface area contributed by atoms with E-state index in [1.807, 2.05) is 12.1 Å². The molecule has 6 heteroatoms. The standard InChI is InChI=1S/C18H22N2O4/c1-23-15-8-7-14(12-16(15)24-2)13-17(21)19-9-5-11-20-10-4-3-6-18(20)22/h3-4,6-8,10,12H,5,9,11,13H2,1-2H3,(H,19,21). The van der Waals surface area contributed by atoms with Crippen LogP contribution in [0.15, 0.2) is 47.4 Å². The first kappa shape index (κ1) is 17.6. The summed E-state index contributed by atoms with van der Waals surface area (Å²) in [4.78, 5) is 23.5. The Balaban J connectivity index is 1.79. The van der Waals surface area contributed by atoms with Crippen molar-refractivity contribution in [1.82, 2.24) is 9.88 Å². The molecule has 0 spiro atoms. The van der Waals surface area contributed by atoms with Crippen LogP contribution in [-0.2, 0) is 17.8 Å². The average Bonchev–Trinajstić information content (AvgIpc) is 2.60. The van der Waals surface area contributed by atoms with E-state index in [0.717, 1.165) is 5.56 Å². The van der Waals surface area contributed by atoms with E-state index in [2.05, 4.69) is 5.32 Å². The number of nitrogens with zero attached hydrogens (tertiary/aromatic N) is 1. The Labute approximate surface area is 141 Å². The average molecular weight is 330 g/mol. The van der Waals surface area contributed by atoms with Gasteiger partial charge in [-0.15, -0.1) is 0 Å². The van der Waals surface area contributed by atoms with Gasteiger partial charge in [0.15, 0.2) is 11.5 Å². The van der Waals surface area contributed by atoms with Gasteiger partial charge in [-0.25, -0.2) is 0 Å². The van der Waals surface area contributed by atoms with Crippen molar-refractivity contribution in [1.29, 1.82) is 0 Å². The first-order valence-electron chi connectivity index (χ1n) is 7.77. The number of amides is 1. The van der Waals surface area contributed by atoms with Crippen LogP contribution in [0.25, 0.3) is 0 Å². The van der Waals surface area contributed by atoms with Crippen LogP contribution in [0.1, 0.15) is 12.0 Å². The van der Waals surface area contributed by atoms with Crippen molar-refractivity contribution in [3.63, 3.8) is 0 Å². The third kappa shape index (κ3) is 4.87. The maximum atomic E-state index is 12.0. The third-order valence-electron chi connectivity index (χ3n) is 3.61. The van der Waals surface area contributed by atoms with Crippen molar-refractivity contribution in [3.05, 3.63) is 58.5 Å². The van der Waals surface area contributed by atoms with Gasteiger partial charge in [0, 0.05) is 25.4 Å². The molecule has 0 radical (unpaired) electrons. The Morgan fingerprint density at radius 1 is 1.12 bits per heavy atom. The quantitative estimate of drug-likeness (QED) is 0.747. The normalized spacial score (nSPS) is 10.2. The highest BCUT2D eigenvalue weighted by molar-refractivity contribution is 5.78. The molecule has 0 atom stereocenters. The van der Waals surface area contributed by atoms with E-state index in [1.54, 1.807) is 43.2 Å². The summed E-state index contributed by atoms with van der Waals surface area (Å²) < 4.78 is 12.0. The number of hydrogen-bond acceptors (Lipinski definition) is 4. The van der Waals surface area contributed by atoms with Gasteiger partial charge in [0.1, 0.15) is 0 Å². The molecule has 0 aliphatic rings. The highest BCUT2D eigenvalue weighted by atomic mass is 16.5. The maximum Gasteiger partial charge on any atom is 0.250 e. The molecular weight excluding hydrogens is 308 g/mol. The minimum atomic E-state index is -0.0670. The molecule has 128 valence electrons. The second-order valence-electron chi connectivity index (χ2n) is 5.30. The van der Waals surface area contributed by atoms with Crippen molar-refractivity contribution in [3.8, 4) is 11.5 Å². The molecule has 0 aliphatic carbocycles. The molecule has 0 fully saturated rings. The van der Waals surface area contributed by atoms with Gasteiger partial charge >= 0.3 is 0 Å². The molecule has 1 aromatic heterocycles. The second kappa shape index (κ2) is 8.76. The topological polar surface area (TPSA) is 69.6 Å². The van der Waals surface area contributed by atoms with Gasteiger partial charge in [0.05, 0.1) is 20.6 Å². The van der Waals surface area contributed by atoms with Crippen LogP contribution in [0.4, 0.5) is 0 Å². The molecule has 1 heterocycles. The van der Waals surface area contributed by atoms with E-state index in [4.69, 9.17) is 9.47 Å². The molecule has 0 saturated heterocycles. The summed E-state index contributed by atoms with van der Waals surface area (Å²) in [5.74, 6) is 1.17. The number of nitrogens with one attached hydrogen (secondary N) is 1. The van der Waals surface area contributed by atoms with Crippen LogP contribution in [0.2, 0.25) is 0 Å². The van der Waals surface area contributed by atoms with Crippen LogP contribution in [-0.4, -0.2) is 31.2 Å². The van der Waals surface area contributed by atoms with Crippen molar-refractivity contribution < 1.29 is 14.3 Å². The monoisotopic (exact) mass is 330 g/mol. The number of hydrogen-bond donors (Lipinski definition) is 1. The number of aryl methyl sites for hydroxylation is 1. The minimum Gasteiger partial charge on any atom is -0.493 e. The number of rotatable bonds is 8. The lowest BCUT2D eigenvalue weighted by molar-refractivity contribution is -0.120. The SMILES string of the molecule is COc1ccc(CC(=O)NCCCn2ccccc2=O)cc1OC. The van der Waals surface area contributed by atoms with Crippen molar-refractivity contribution >= 4 is 5.91 Å². The number of methoxy groups -OCH3 is 2. The number of aromatic nitrogens is 1. The molecular formula is C18H22N2O4. The third-order valence-corrected chi connectivity index (χ3v) is 3.61. The van der Waals surface area contributed by atoms with Crippen LogP contribution >= 0.6 is 0 Å². The lowest BCUT2D eigenvalue weighted by atomic mass is 10.1. The Morgan fingerprint density at radius 2 is 1.92 bits per heavy atom. The smallest absolute Gasteiger partial charge is 0.250 e. The van der Waals surface area contributed by atoms with Gasteiger partial charge in [0.25, 0.3) is 0 Å². The number of carbonyl (C=O) groups is 1. The van der Waals surface area contributed by atoms with E-state index < -0.39 is 0 Å². The van der Waals surface area contributed by atoms with E-state index in [-0.39, 0.29) is 17.9 Å². The van der Waals surface area contributed by atoms with Gasteiger partial charge in [0.2, 0.25) is 11.5 Å². The molecule has 1 amide bonds. The Bertz CT molecular complexity index is 740. The molecule has 1 aromatic carbocycles. The molecule has 2 rings (SSSR count). The fourth-order valence-electron chi connectivity index (χ4n) is 2.36. The highest BCUT2D eigenvalue weighted by Gasteiger charge is 2.08. The summed E-state index contributed by atoms with van der Waals surface area (Å²) in [6.45, 7) is 1.10. The molecule has 0 unspecified atom stereocenters. The zero-order valence-corrected chi connectivity index (χ0v) is 14.0. The molecule has 1 N–H and O–H groups in total.